The van der Waals surface area contributed by atoms with Gasteiger partial charge in [0.2, 0.25) is 0 Å². The Labute approximate surface area is 200 Å². The Morgan fingerprint density at radius 2 is 1.29 bits per heavy atom. The Bertz CT molecular complexity index is 806. The molecule has 34 heavy (non-hydrogen) atoms. The number of carboxylic acids is 3. The first-order valence-electron chi connectivity index (χ1n) is 11.6. The molecule has 0 spiro atoms. The highest BCUT2D eigenvalue weighted by Crippen LogP contribution is 2.14. The predicted octanol–water partition coefficient (Wildman–Crippen LogP) is -0.325. The topological polar surface area (TPSA) is 151 Å². The molecule has 0 aliphatic carbocycles. The number of anilines is 1. The molecule has 1 saturated heterocycles. The van der Waals surface area contributed by atoms with Crippen LogP contribution in [0.2, 0.25) is 0 Å². The van der Waals surface area contributed by atoms with Crippen LogP contribution in [0.1, 0.15) is 12.5 Å². The second kappa shape index (κ2) is 13.9. The van der Waals surface area contributed by atoms with Crippen molar-refractivity contribution in [2.24, 2.45) is 0 Å². The first kappa shape index (κ1) is 27.5. The lowest BCUT2D eigenvalue weighted by Gasteiger charge is -2.37. The minimum Gasteiger partial charge on any atom is -0.480 e. The molecular weight excluding hydrogens is 442 g/mol. The number of likely N-dealkylation sites (N-methyl/N-ethyl adjacent to an activating group) is 1. The van der Waals surface area contributed by atoms with E-state index in [1.165, 1.54) is 0 Å². The molecule has 1 fully saturated rings. The number of nitrogen functional groups attached to an aromatic ring is 1. The molecule has 1 aliphatic rings. The molecule has 1 aliphatic heterocycles. The van der Waals surface area contributed by atoms with Gasteiger partial charge in [0.1, 0.15) is 0 Å². The summed E-state index contributed by atoms with van der Waals surface area (Å²) in [5.74, 6) is -2.84. The van der Waals surface area contributed by atoms with Crippen molar-refractivity contribution in [3.63, 3.8) is 0 Å². The van der Waals surface area contributed by atoms with Crippen LogP contribution < -0.4 is 5.73 Å². The quantitative estimate of drug-likeness (QED) is 0.345. The maximum Gasteiger partial charge on any atom is 0.317 e. The fraction of sp³-hybridized carbons (Fsp3) is 0.609. The number of carboxylic acid groups (broad SMARTS) is 3. The van der Waals surface area contributed by atoms with Crippen LogP contribution >= 0.6 is 0 Å². The van der Waals surface area contributed by atoms with Crippen LogP contribution in [-0.4, -0.2) is 131 Å². The first-order chi connectivity index (χ1) is 16.2. The molecule has 11 nitrogen and oxygen atoms in total. The molecule has 1 aromatic carbocycles. The van der Waals surface area contributed by atoms with Gasteiger partial charge in [0.15, 0.2) is 0 Å². The molecular formula is C23H37N5O6. The first-order valence-corrected chi connectivity index (χ1v) is 11.6. The fourth-order valence-electron chi connectivity index (χ4n) is 4.25. The Hall–Kier alpha value is -2.73. The van der Waals surface area contributed by atoms with E-state index in [0.717, 1.165) is 12.1 Å². The summed E-state index contributed by atoms with van der Waals surface area (Å²) in [6, 6.07) is 7.15. The lowest BCUT2D eigenvalue weighted by atomic mass is 10.0. The predicted molar refractivity (Wildman–Crippen MR) is 128 cm³/mol. The summed E-state index contributed by atoms with van der Waals surface area (Å²) in [4.78, 5) is 42.3. The highest BCUT2D eigenvalue weighted by atomic mass is 16.4. The third-order valence-electron chi connectivity index (χ3n) is 6.11. The molecule has 5 N–H and O–H groups in total. The summed E-state index contributed by atoms with van der Waals surface area (Å²) < 4.78 is 0. The van der Waals surface area contributed by atoms with E-state index in [1.54, 1.807) is 17.0 Å². The second-order valence-corrected chi connectivity index (χ2v) is 8.70. The van der Waals surface area contributed by atoms with Gasteiger partial charge in [0.05, 0.1) is 19.6 Å². The minimum absolute atomic E-state index is 0.113. The molecule has 0 saturated carbocycles. The van der Waals surface area contributed by atoms with Gasteiger partial charge >= 0.3 is 17.9 Å². The third kappa shape index (κ3) is 10.0. The van der Waals surface area contributed by atoms with Crippen LogP contribution in [0.5, 0.6) is 0 Å². The maximum absolute atomic E-state index is 11.7. The number of hydrogen-bond acceptors (Lipinski definition) is 8. The van der Waals surface area contributed by atoms with Gasteiger partial charge in [-0.1, -0.05) is 19.1 Å². The highest BCUT2D eigenvalue weighted by Gasteiger charge is 2.26. The van der Waals surface area contributed by atoms with Crippen molar-refractivity contribution in [2.75, 3.05) is 77.7 Å². The molecule has 190 valence electrons. The van der Waals surface area contributed by atoms with E-state index in [2.05, 4.69) is 4.90 Å². The number of hydrogen-bond donors (Lipinski definition) is 4. The molecule has 1 atom stereocenters. The summed E-state index contributed by atoms with van der Waals surface area (Å²) in [5, 5.41) is 28.4. The van der Waals surface area contributed by atoms with Gasteiger partial charge in [0.25, 0.3) is 0 Å². The zero-order valence-electron chi connectivity index (χ0n) is 19.8. The summed E-state index contributed by atoms with van der Waals surface area (Å²) in [7, 11) is 0. The smallest absolute Gasteiger partial charge is 0.317 e. The van der Waals surface area contributed by atoms with Crippen LogP contribution in [0.3, 0.4) is 0 Å². The molecule has 0 bridgehead atoms. The lowest BCUT2D eigenvalue weighted by Crippen LogP contribution is -2.53. The molecule has 1 aromatic rings. The van der Waals surface area contributed by atoms with Crippen molar-refractivity contribution in [3.05, 3.63) is 29.8 Å². The van der Waals surface area contributed by atoms with Gasteiger partial charge in [-0.05, 0) is 30.7 Å². The van der Waals surface area contributed by atoms with Gasteiger partial charge in [-0.3, -0.25) is 29.1 Å². The Morgan fingerprint density at radius 3 is 1.85 bits per heavy atom. The van der Waals surface area contributed by atoms with Gasteiger partial charge in [-0.2, -0.15) is 0 Å². The number of benzene rings is 1. The summed E-state index contributed by atoms with van der Waals surface area (Å²) in [5.41, 5.74) is 7.43. The van der Waals surface area contributed by atoms with Crippen molar-refractivity contribution in [1.29, 1.82) is 0 Å². The van der Waals surface area contributed by atoms with E-state index < -0.39 is 17.9 Å². The average Bonchev–Trinajstić information content (AvgIpc) is 2.75. The Morgan fingerprint density at radius 1 is 0.794 bits per heavy atom. The van der Waals surface area contributed by atoms with Crippen LogP contribution in [-0.2, 0) is 20.8 Å². The molecule has 0 radical (unpaired) electrons. The normalized spacial score (nSPS) is 20.3. The molecule has 2 rings (SSSR count). The van der Waals surface area contributed by atoms with Gasteiger partial charge in [-0.15, -0.1) is 0 Å². The van der Waals surface area contributed by atoms with Gasteiger partial charge in [-0.25, -0.2) is 0 Å². The Balaban J connectivity index is 2.34. The molecule has 11 heteroatoms. The van der Waals surface area contributed by atoms with Gasteiger partial charge < -0.3 is 26.0 Å². The van der Waals surface area contributed by atoms with E-state index in [9.17, 15) is 29.7 Å². The van der Waals surface area contributed by atoms with Crippen molar-refractivity contribution in [1.82, 2.24) is 19.6 Å². The van der Waals surface area contributed by atoms with E-state index in [1.807, 2.05) is 28.9 Å². The Kier molecular flexibility index (Phi) is 11.2. The maximum atomic E-state index is 11.7. The lowest BCUT2D eigenvalue weighted by molar-refractivity contribution is -0.141. The van der Waals surface area contributed by atoms with Crippen molar-refractivity contribution >= 4 is 23.6 Å². The average molecular weight is 480 g/mol. The zero-order valence-corrected chi connectivity index (χ0v) is 19.8. The van der Waals surface area contributed by atoms with Crippen LogP contribution in [0, 0.1) is 0 Å². The highest BCUT2D eigenvalue weighted by molar-refractivity contribution is 5.70. The van der Waals surface area contributed by atoms with Crippen molar-refractivity contribution < 1.29 is 29.7 Å². The SMILES string of the molecule is CCN1CCN(CC(=O)O)CCN(CC(=O)O)CC(Cc2ccc(N)cc2)N(CC(=O)O)CC1. The molecule has 0 amide bonds. The monoisotopic (exact) mass is 479 g/mol. The standard InChI is InChI=1S/C23H37N5O6/c1-2-25-7-8-26(15-21(29)30)9-10-27(16-22(31)32)14-20(28(12-11-25)17-23(33)34)13-18-3-5-19(24)6-4-18/h3-6,20H,2,7-17,24H2,1H3,(H,29,30)(H,31,32)(H,33,34). The van der Waals surface area contributed by atoms with Crippen LogP contribution in [0.15, 0.2) is 24.3 Å². The van der Waals surface area contributed by atoms with E-state index in [0.29, 0.717) is 57.9 Å². The van der Waals surface area contributed by atoms with Crippen molar-refractivity contribution in [3.8, 4) is 0 Å². The minimum atomic E-state index is -0.981. The number of carbonyl (C=O) groups is 3. The van der Waals surface area contributed by atoms with Crippen LogP contribution in [0.4, 0.5) is 5.69 Å². The molecule has 1 unspecified atom stereocenters. The zero-order chi connectivity index (χ0) is 25.1. The summed E-state index contributed by atoms with van der Waals surface area (Å²) >= 11 is 0. The second-order valence-electron chi connectivity index (χ2n) is 8.70. The molecule has 0 aromatic heterocycles. The summed E-state index contributed by atoms with van der Waals surface area (Å²) in [6.45, 7) is 5.74. The van der Waals surface area contributed by atoms with Crippen molar-refractivity contribution in [2.45, 2.75) is 19.4 Å². The van der Waals surface area contributed by atoms with E-state index in [4.69, 9.17) is 5.73 Å². The number of nitrogens with two attached hydrogens (primary N) is 1. The summed E-state index contributed by atoms with van der Waals surface area (Å²) in [6.07, 6.45) is 0.536. The fourth-order valence-corrected chi connectivity index (χ4v) is 4.25. The number of aliphatic carboxylic acids is 3. The van der Waals surface area contributed by atoms with Crippen LogP contribution in [0.25, 0.3) is 0 Å². The third-order valence-corrected chi connectivity index (χ3v) is 6.11. The van der Waals surface area contributed by atoms with Gasteiger partial charge in [0, 0.05) is 57.5 Å². The van der Waals surface area contributed by atoms with E-state index in [-0.39, 0.29) is 25.7 Å². The largest absolute Gasteiger partial charge is 0.480 e. The van der Waals surface area contributed by atoms with E-state index >= 15 is 0 Å². The molecule has 1 heterocycles. The number of rotatable bonds is 9. The number of nitrogens with zero attached hydrogens (tertiary/aromatic N) is 4.